The fourth-order valence-corrected chi connectivity index (χ4v) is 1.88. The molecule has 0 fully saturated rings. The molecule has 0 rings (SSSR count). The molecule has 0 spiro atoms. The van der Waals surface area contributed by atoms with E-state index < -0.39 is 11.9 Å². The van der Waals surface area contributed by atoms with Crippen LogP contribution in [-0.4, -0.2) is 18.4 Å². The Morgan fingerprint density at radius 1 is 1.15 bits per heavy atom. The fourth-order valence-electron chi connectivity index (χ4n) is 1.88. The Morgan fingerprint density at radius 3 is 2.10 bits per heavy atom. The molecule has 0 aromatic rings. The van der Waals surface area contributed by atoms with Gasteiger partial charge in [0.15, 0.2) is 0 Å². The van der Waals surface area contributed by atoms with Crippen molar-refractivity contribution in [3.63, 3.8) is 0 Å². The van der Waals surface area contributed by atoms with Gasteiger partial charge in [0.1, 0.15) is 18.3 Å². The van der Waals surface area contributed by atoms with Crippen LogP contribution in [0.4, 0.5) is 0 Å². The Morgan fingerprint density at radius 2 is 1.70 bits per heavy atom. The van der Waals surface area contributed by atoms with Crippen molar-refractivity contribution in [2.45, 2.75) is 41.5 Å². The predicted molar refractivity (Wildman–Crippen MR) is 80.2 cm³/mol. The van der Waals surface area contributed by atoms with Crippen molar-refractivity contribution in [3.8, 4) is 0 Å². The third kappa shape index (κ3) is 5.44. The van der Waals surface area contributed by atoms with Gasteiger partial charge in [0.25, 0.3) is 0 Å². The van der Waals surface area contributed by atoms with Crippen LogP contribution in [0, 0.1) is 11.8 Å². The molecular weight excluding hydrogens is 252 g/mol. The zero-order valence-corrected chi connectivity index (χ0v) is 13.3. The van der Waals surface area contributed by atoms with E-state index in [0.717, 1.165) is 11.1 Å². The molecule has 2 unspecified atom stereocenters. The lowest BCUT2D eigenvalue weighted by Crippen LogP contribution is -2.31. The lowest BCUT2D eigenvalue weighted by atomic mass is 9.84. The van der Waals surface area contributed by atoms with Gasteiger partial charge in [-0.05, 0) is 47.1 Å². The first-order valence-corrected chi connectivity index (χ1v) is 6.63. The molecule has 0 aliphatic heterocycles. The Kier molecular flexibility index (Phi) is 7.61. The highest BCUT2D eigenvalue weighted by Crippen LogP contribution is 2.25. The van der Waals surface area contributed by atoms with Crippen LogP contribution in [0.3, 0.4) is 0 Å². The zero-order chi connectivity index (χ0) is 15.9. The number of rotatable bonds is 6. The van der Waals surface area contributed by atoms with Crippen LogP contribution in [-0.2, 0) is 14.3 Å². The van der Waals surface area contributed by atoms with Crippen molar-refractivity contribution in [1.82, 2.24) is 0 Å². The quantitative estimate of drug-likeness (QED) is 0.322. The third-order valence-corrected chi connectivity index (χ3v) is 3.40. The van der Waals surface area contributed by atoms with Gasteiger partial charge in [-0.3, -0.25) is 9.59 Å². The van der Waals surface area contributed by atoms with Gasteiger partial charge in [-0.2, -0.15) is 0 Å². The molecule has 2 atom stereocenters. The van der Waals surface area contributed by atoms with Gasteiger partial charge >= 0.3 is 5.97 Å². The van der Waals surface area contributed by atoms with Crippen molar-refractivity contribution in [3.05, 3.63) is 34.8 Å². The van der Waals surface area contributed by atoms with E-state index in [1.807, 2.05) is 27.7 Å². The summed E-state index contributed by atoms with van der Waals surface area (Å²) < 4.78 is 5.18. The smallest absolute Gasteiger partial charge is 0.317 e. The summed E-state index contributed by atoms with van der Waals surface area (Å²) in [5, 5.41) is 0. The predicted octanol–water partition coefficient (Wildman–Crippen LogP) is 3.61. The standard InChI is InChI=1S/C17H24O3/c1-8-9-12(4)10-20-17(19)16(15(7)18)14(6)13(5)11(2)3/h14,16H,1,10H2,2-7H3. The molecule has 3 nitrogen and oxygen atoms in total. The highest BCUT2D eigenvalue weighted by atomic mass is 16.5. The minimum Gasteiger partial charge on any atom is -0.460 e. The summed E-state index contributed by atoms with van der Waals surface area (Å²) in [5.41, 5.74) is 8.09. The zero-order valence-electron chi connectivity index (χ0n) is 13.3. The normalized spacial score (nSPS) is 12.5. The monoisotopic (exact) mass is 276 g/mol. The summed E-state index contributed by atoms with van der Waals surface area (Å²) in [7, 11) is 0. The Balaban J connectivity index is 5.08. The maximum atomic E-state index is 12.1. The molecule has 0 N–H and O–H groups in total. The number of ketones is 1. The topological polar surface area (TPSA) is 43.4 Å². The summed E-state index contributed by atoms with van der Waals surface area (Å²) in [5.74, 6) is -1.59. The number of hydrogen-bond acceptors (Lipinski definition) is 3. The summed E-state index contributed by atoms with van der Waals surface area (Å²) >= 11 is 0. The van der Waals surface area contributed by atoms with Crippen molar-refractivity contribution < 1.29 is 14.3 Å². The Bertz CT molecular complexity index is 494. The van der Waals surface area contributed by atoms with Crippen LogP contribution >= 0.6 is 0 Å². The van der Waals surface area contributed by atoms with E-state index in [4.69, 9.17) is 4.74 Å². The lowest BCUT2D eigenvalue weighted by molar-refractivity contribution is -0.152. The first-order valence-electron chi connectivity index (χ1n) is 6.63. The molecule has 0 aromatic heterocycles. The van der Waals surface area contributed by atoms with Gasteiger partial charge in [0.05, 0.1) is 0 Å². The molecule has 0 radical (unpaired) electrons. The first kappa shape index (κ1) is 18.2. The van der Waals surface area contributed by atoms with E-state index in [2.05, 4.69) is 18.0 Å². The Labute approximate surface area is 121 Å². The van der Waals surface area contributed by atoms with Gasteiger partial charge < -0.3 is 4.74 Å². The van der Waals surface area contributed by atoms with E-state index in [-0.39, 0.29) is 18.3 Å². The molecular formula is C17H24O3. The van der Waals surface area contributed by atoms with Crippen molar-refractivity contribution in [2.24, 2.45) is 11.8 Å². The minimum atomic E-state index is -0.759. The molecule has 20 heavy (non-hydrogen) atoms. The van der Waals surface area contributed by atoms with Crippen molar-refractivity contribution >= 4 is 11.8 Å². The van der Waals surface area contributed by atoms with E-state index in [1.165, 1.54) is 6.92 Å². The summed E-state index contributed by atoms with van der Waals surface area (Å²) in [4.78, 5) is 23.9. The molecule has 0 aromatic carbocycles. The van der Waals surface area contributed by atoms with E-state index >= 15 is 0 Å². The molecule has 0 heterocycles. The fraction of sp³-hybridized carbons (Fsp3) is 0.529. The molecule has 0 aliphatic carbocycles. The molecule has 3 heteroatoms. The second-order valence-electron chi connectivity index (χ2n) is 5.25. The van der Waals surface area contributed by atoms with Crippen molar-refractivity contribution in [2.75, 3.05) is 6.61 Å². The van der Waals surface area contributed by atoms with E-state index in [0.29, 0.717) is 5.57 Å². The molecule has 0 aliphatic rings. The third-order valence-electron chi connectivity index (χ3n) is 3.40. The number of carbonyl (C=O) groups excluding carboxylic acids is 2. The summed E-state index contributed by atoms with van der Waals surface area (Å²) in [6.45, 7) is 14.4. The highest BCUT2D eigenvalue weighted by molar-refractivity contribution is 5.98. The maximum absolute atomic E-state index is 12.1. The average Bonchev–Trinajstić information content (AvgIpc) is 2.35. The number of allylic oxidation sites excluding steroid dienone is 2. The molecule has 0 saturated heterocycles. The van der Waals surface area contributed by atoms with Gasteiger partial charge in [-0.1, -0.05) is 29.5 Å². The van der Waals surface area contributed by atoms with Gasteiger partial charge in [0, 0.05) is 5.57 Å². The van der Waals surface area contributed by atoms with Crippen LogP contribution < -0.4 is 0 Å². The summed E-state index contributed by atoms with van der Waals surface area (Å²) in [6.07, 6.45) is 0. The molecule has 110 valence electrons. The number of esters is 1. The number of Topliss-reactive ketones (excluding diaryl/α,β-unsaturated/α-hetero) is 1. The second kappa shape index (κ2) is 8.37. The average molecular weight is 276 g/mol. The van der Waals surface area contributed by atoms with E-state index in [1.54, 1.807) is 6.92 Å². The number of carbonyl (C=O) groups is 2. The van der Waals surface area contributed by atoms with Gasteiger partial charge in [0.2, 0.25) is 0 Å². The molecule has 0 saturated carbocycles. The van der Waals surface area contributed by atoms with Crippen LogP contribution in [0.1, 0.15) is 41.5 Å². The second-order valence-corrected chi connectivity index (χ2v) is 5.25. The SMILES string of the molecule is C=C=C=C(C)COC(=O)C(C(C)=O)C(C)C(C)=C(C)C. The van der Waals surface area contributed by atoms with Crippen LogP contribution in [0.5, 0.6) is 0 Å². The van der Waals surface area contributed by atoms with Crippen LogP contribution in [0.25, 0.3) is 0 Å². The number of ether oxygens (including phenoxy) is 1. The summed E-state index contributed by atoms with van der Waals surface area (Å²) in [6, 6.07) is 0. The Hall–Kier alpha value is -1.82. The van der Waals surface area contributed by atoms with Crippen molar-refractivity contribution in [1.29, 1.82) is 0 Å². The van der Waals surface area contributed by atoms with Crippen LogP contribution in [0.2, 0.25) is 0 Å². The minimum absolute atomic E-state index is 0.103. The molecule has 0 amide bonds. The van der Waals surface area contributed by atoms with Crippen LogP contribution in [0.15, 0.2) is 34.8 Å². The lowest BCUT2D eigenvalue weighted by Gasteiger charge is -2.22. The number of hydrogen-bond donors (Lipinski definition) is 0. The largest absolute Gasteiger partial charge is 0.460 e. The molecule has 0 bridgehead atoms. The van der Waals surface area contributed by atoms with Gasteiger partial charge in [-0.25, -0.2) is 0 Å². The maximum Gasteiger partial charge on any atom is 0.317 e. The highest BCUT2D eigenvalue weighted by Gasteiger charge is 2.32. The van der Waals surface area contributed by atoms with Gasteiger partial charge in [-0.15, -0.1) is 0 Å². The van der Waals surface area contributed by atoms with E-state index in [9.17, 15) is 9.59 Å². The first-order chi connectivity index (χ1) is 9.22.